The van der Waals surface area contributed by atoms with Crippen molar-refractivity contribution in [2.24, 2.45) is 0 Å². The molecule has 0 aliphatic heterocycles. The third kappa shape index (κ3) is 3.04. The molecule has 0 spiro atoms. The fourth-order valence-corrected chi connectivity index (χ4v) is 2.18. The Hall–Kier alpha value is -1.41. The lowest BCUT2D eigenvalue weighted by Gasteiger charge is -2.06. The molecule has 0 radical (unpaired) electrons. The number of para-hydroxylation sites is 1. The van der Waals surface area contributed by atoms with E-state index in [4.69, 9.17) is 0 Å². The van der Waals surface area contributed by atoms with E-state index in [1.165, 1.54) is 10.5 Å². The van der Waals surface area contributed by atoms with Gasteiger partial charge in [0.2, 0.25) is 0 Å². The average molecular weight is 229 g/mol. The van der Waals surface area contributed by atoms with Gasteiger partial charge in [-0.3, -0.25) is 0 Å². The molecule has 0 aliphatic carbocycles. The zero-order chi connectivity index (χ0) is 11.2. The summed E-state index contributed by atoms with van der Waals surface area (Å²) in [6.07, 6.45) is 1.08. The summed E-state index contributed by atoms with van der Waals surface area (Å²) in [4.78, 5) is 1.25. The molecule has 0 aliphatic rings. The minimum Gasteiger partial charge on any atom is -0.326 e. The number of aryl methyl sites for hydroxylation is 1. The molecule has 1 N–H and O–H groups in total. The number of benzene rings is 2. The van der Waals surface area contributed by atoms with Gasteiger partial charge in [0.05, 0.1) is 0 Å². The van der Waals surface area contributed by atoms with Gasteiger partial charge in [0.1, 0.15) is 0 Å². The Balaban J connectivity index is 1.99. The molecule has 2 heteroatoms. The number of anilines is 1. The van der Waals surface area contributed by atoms with Gasteiger partial charge >= 0.3 is 0 Å². The standard InChI is InChI=1S/C14H15NS/c1-2-12-7-6-10-14(11-12)16-15-13-8-4-3-5-9-13/h3-11,15H,2H2,1H3. The second kappa shape index (κ2) is 5.61. The van der Waals surface area contributed by atoms with Gasteiger partial charge in [0, 0.05) is 10.6 Å². The van der Waals surface area contributed by atoms with E-state index in [0.717, 1.165) is 12.1 Å². The van der Waals surface area contributed by atoms with Gasteiger partial charge in [0.15, 0.2) is 0 Å². The van der Waals surface area contributed by atoms with Crippen LogP contribution in [0.1, 0.15) is 12.5 Å². The molecule has 82 valence electrons. The molecular formula is C14H15NS. The first-order valence-electron chi connectivity index (χ1n) is 5.45. The molecule has 1 nitrogen and oxygen atoms in total. The van der Waals surface area contributed by atoms with E-state index in [9.17, 15) is 0 Å². The molecular weight excluding hydrogens is 214 g/mol. The first-order chi connectivity index (χ1) is 7.88. The van der Waals surface area contributed by atoms with Gasteiger partial charge in [-0.15, -0.1) is 0 Å². The molecule has 2 aromatic carbocycles. The molecule has 0 unspecified atom stereocenters. The summed E-state index contributed by atoms with van der Waals surface area (Å²) in [6.45, 7) is 2.18. The summed E-state index contributed by atoms with van der Waals surface area (Å²) in [5.41, 5.74) is 2.51. The van der Waals surface area contributed by atoms with E-state index >= 15 is 0 Å². The van der Waals surface area contributed by atoms with Crippen molar-refractivity contribution >= 4 is 17.6 Å². The summed E-state index contributed by atoms with van der Waals surface area (Å²) < 4.78 is 3.33. The van der Waals surface area contributed by atoms with Gasteiger partial charge < -0.3 is 4.72 Å². The highest BCUT2D eigenvalue weighted by Gasteiger charge is 1.95. The average Bonchev–Trinajstić information content (AvgIpc) is 2.38. The van der Waals surface area contributed by atoms with Crippen LogP contribution in [0.5, 0.6) is 0 Å². The van der Waals surface area contributed by atoms with Crippen LogP contribution in [-0.4, -0.2) is 0 Å². The lowest BCUT2D eigenvalue weighted by atomic mass is 10.2. The quantitative estimate of drug-likeness (QED) is 0.781. The molecule has 0 bridgehead atoms. The maximum atomic E-state index is 3.33. The number of nitrogens with one attached hydrogen (secondary N) is 1. The van der Waals surface area contributed by atoms with Crippen LogP contribution < -0.4 is 4.72 Å². The number of rotatable bonds is 4. The van der Waals surface area contributed by atoms with E-state index in [-0.39, 0.29) is 0 Å². The van der Waals surface area contributed by atoms with Crippen LogP contribution in [0.2, 0.25) is 0 Å². The zero-order valence-electron chi connectivity index (χ0n) is 9.31. The van der Waals surface area contributed by atoms with Crippen molar-refractivity contribution in [3.63, 3.8) is 0 Å². The van der Waals surface area contributed by atoms with Crippen LogP contribution in [0.15, 0.2) is 59.5 Å². The van der Waals surface area contributed by atoms with Crippen molar-refractivity contribution in [1.29, 1.82) is 0 Å². The zero-order valence-corrected chi connectivity index (χ0v) is 10.1. The van der Waals surface area contributed by atoms with Crippen molar-refractivity contribution in [3.05, 3.63) is 60.2 Å². The number of hydrogen-bond donors (Lipinski definition) is 1. The third-order valence-corrected chi connectivity index (χ3v) is 3.19. The Morgan fingerprint density at radius 1 is 1.00 bits per heavy atom. The SMILES string of the molecule is CCc1cccc(SNc2ccccc2)c1. The molecule has 0 fully saturated rings. The van der Waals surface area contributed by atoms with Crippen LogP contribution in [-0.2, 0) is 6.42 Å². The summed E-state index contributed by atoms with van der Waals surface area (Å²) >= 11 is 1.65. The lowest BCUT2D eigenvalue weighted by molar-refractivity contribution is 1.12. The van der Waals surface area contributed by atoms with Crippen LogP contribution in [0.3, 0.4) is 0 Å². The minimum atomic E-state index is 1.08. The highest BCUT2D eigenvalue weighted by molar-refractivity contribution is 8.00. The van der Waals surface area contributed by atoms with Crippen LogP contribution in [0.4, 0.5) is 5.69 Å². The highest BCUT2D eigenvalue weighted by atomic mass is 32.2. The molecule has 0 atom stereocenters. The van der Waals surface area contributed by atoms with Crippen molar-refractivity contribution in [2.75, 3.05) is 4.72 Å². The Labute approximate surface area is 101 Å². The van der Waals surface area contributed by atoms with Gasteiger partial charge in [0.25, 0.3) is 0 Å². The normalized spacial score (nSPS) is 10.1. The summed E-state index contributed by atoms with van der Waals surface area (Å²) in [6, 6.07) is 18.8. The van der Waals surface area contributed by atoms with E-state index in [1.54, 1.807) is 11.9 Å². The van der Waals surface area contributed by atoms with E-state index in [0.29, 0.717) is 0 Å². The maximum absolute atomic E-state index is 3.33. The third-order valence-electron chi connectivity index (χ3n) is 2.37. The van der Waals surface area contributed by atoms with Gasteiger partial charge in [-0.2, -0.15) is 0 Å². The van der Waals surface area contributed by atoms with Gasteiger partial charge in [-0.25, -0.2) is 0 Å². The second-order valence-corrected chi connectivity index (χ2v) is 4.45. The summed E-state index contributed by atoms with van der Waals surface area (Å²) in [5, 5.41) is 0. The van der Waals surface area contributed by atoms with Crippen LogP contribution in [0, 0.1) is 0 Å². The predicted molar refractivity (Wildman–Crippen MR) is 71.7 cm³/mol. The molecule has 0 aromatic heterocycles. The molecule has 0 saturated carbocycles. The van der Waals surface area contributed by atoms with Crippen LogP contribution >= 0.6 is 11.9 Å². The first kappa shape index (κ1) is 11.1. The monoisotopic (exact) mass is 229 g/mol. The second-order valence-electron chi connectivity index (χ2n) is 3.57. The van der Waals surface area contributed by atoms with E-state index in [1.807, 2.05) is 18.2 Å². The fourth-order valence-electron chi connectivity index (χ4n) is 1.45. The van der Waals surface area contributed by atoms with E-state index in [2.05, 4.69) is 48.0 Å². The lowest BCUT2D eigenvalue weighted by Crippen LogP contribution is -1.87. The molecule has 16 heavy (non-hydrogen) atoms. The van der Waals surface area contributed by atoms with Crippen molar-refractivity contribution in [1.82, 2.24) is 0 Å². The Morgan fingerprint density at radius 2 is 1.81 bits per heavy atom. The molecule has 0 heterocycles. The highest BCUT2D eigenvalue weighted by Crippen LogP contribution is 2.21. The molecule has 2 rings (SSSR count). The van der Waals surface area contributed by atoms with Crippen molar-refractivity contribution in [3.8, 4) is 0 Å². The summed E-state index contributed by atoms with van der Waals surface area (Å²) in [7, 11) is 0. The van der Waals surface area contributed by atoms with E-state index < -0.39 is 0 Å². The fraction of sp³-hybridized carbons (Fsp3) is 0.143. The Morgan fingerprint density at radius 3 is 2.56 bits per heavy atom. The minimum absolute atomic E-state index is 1.08. The topological polar surface area (TPSA) is 12.0 Å². The molecule has 0 saturated heterocycles. The molecule has 0 amide bonds. The van der Waals surface area contributed by atoms with Crippen LogP contribution in [0.25, 0.3) is 0 Å². The number of hydrogen-bond acceptors (Lipinski definition) is 2. The predicted octanol–water partition coefficient (Wildman–Crippen LogP) is 4.37. The first-order valence-corrected chi connectivity index (χ1v) is 6.27. The summed E-state index contributed by atoms with van der Waals surface area (Å²) in [5.74, 6) is 0. The maximum Gasteiger partial charge on any atom is 0.0443 e. The van der Waals surface area contributed by atoms with Gasteiger partial charge in [-0.1, -0.05) is 37.3 Å². The smallest absolute Gasteiger partial charge is 0.0443 e. The molecule has 2 aromatic rings. The largest absolute Gasteiger partial charge is 0.326 e. The Bertz CT molecular complexity index is 439. The Kier molecular flexibility index (Phi) is 3.89. The van der Waals surface area contributed by atoms with Crippen molar-refractivity contribution in [2.45, 2.75) is 18.2 Å². The van der Waals surface area contributed by atoms with Crippen molar-refractivity contribution < 1.29 is 0 Å². The van der Waals surface area contributed by atoms with Gasteiger partial charge in [-0.05, 0) is 48.2 Å².